The molecule has 0 radical (unpaired) electrons. The first-order chi connectivity index (χ1) is 6.24. The molecule has 0 aliphatic carbocycles. The third-order valence-corrected chi connectivity index (χ3v) is 1.96. The maximum atomic E-state index is 4.44. The maximum absolute atomic E-state index is 4.44. The van der Waals surface area contributed by atoms with E-state index in [1.165, 1.54) is 5.57 Å². The summed E-state index contributed by atoms with van der Waals surface area (Å²) in [5.41, 5.74) is 3.21. The molecule has 0 aliphatic heterocycles. The van der Waals surface area contributed by atoms with Gasteiger partial charge in [-0.2, -0.15) is 0 Å². The molecule has 0 saturated heterocycles. The highest BCUT2D eigenvalue weighted by Gasteiger charge is 1.93. The normalized spacial score (nSPS) is 13.2. The molecule has 1 rings (SSSR count). The highest BCUT2D eigenvalue weighted by atomic mass is 14.8. The van der Waals surface area contributed by atoms with Crippen LogP contribution < -0.4 is 0 Å². The summed E-state index contributed by atoms with van der Waals surface area (Å²) in [7, 11) is 0. The van der Waals surface area contributed by atoms with Crippen molar-refractivity contribution in [2.75, 3.05) is 0 Å². The van der Waals surface area contributed by atoms with E-state index in [1.807, 2.05) is 26.0 Å². The van der Waals surface area contributed by atoms with Gasteiger partial charge in [-0.15, -0.1) is 0 Å². The average Bonchev–Trinajstić information content (AvgIpc) is 2.18. The number of rotatable bonds is 2. The maximum Gasteiger partial charge on any atom is 0.0663 e. The van der Waals surface area contributed by atoms with Gasteiger partial charge < -0.3 is 0 Å². The van der Waals surface area contributed by atoms with Crippen molar-refractivity contribution >= 4 is 11.4 Å². The van der Waals surface area contributed by atoms with Crippen molar-refractivity contribution in [3.8, 4) is 0 Å². The van der Waals surface area contributed by atoms with Crippen molar-refractivity contribution in [1.82, 2.24) is 4.98 Å². The minimum Gasteiger partial charge on any atom is -0.265 e. The summed E-state index contributed by atoms with van der Waals surface area (Å²) >= 11 is 0. The van der Waals surface area contributed by atoms with Crippen LogP contribution in [0.5, 0.6) is 0 Å². The van der Waals surface area contributed by atoms with Gasteiger partial charge in [-0.3, -0.25) is 9.98 Å². The van der Waals surface area contributed by atoms with Gasteiger partial charge in [0.1, 0.15) is 0 Å². The van der Waals surface area contributed by atoms with E-state index in [0.29, 0.717) is 0 Å². The summed E-state index contributed by atoms with van der Waals surface area (Å²) in [5.74, 6) is 0. The van der Waals surface area contributed by atoms with Crippen molar-refractivity contribution in [3.05, 3.63) is 36.2 Å². The summed E-state index contributed by atoms with van der Waals surface area (Å²) < 4.78 is 0. The Bertz CT molecular complexity index is 323. The van der Waals surface area contributed by atoms with Gasteiger partial charge in [-0.25, -0.2) is 0 Å². The highest BCUT2D eigenvalue weighted by molar-refractivity contribution is 5.99. The molecule has 0 N–H and O–H groups in total. The minimum atomic E-state index is 0.953. The summed E-state index contributed by atoms with van der Waals surface area (Å²) in [5, 5.41) is 0. The molecule has 1 aromatic rings. The summed E-state index contributed by atoms with van der Waals surface area (Å²) in [4.78, 5) is 8.37. The molecule has 0 spiro atoms. The Morgan fingerprint density at radius 3 is 2.46 bits per heavy atom. The molecule has 0 bridgehead atoms. The smallest absolute Gasteiger partial charge is 0.0663 e. The molecule has 0 aromatic carbocycles. The number of aliphatic imine (C=N–C) groups is 1. The number of aromatic nitrogens is 1. The number of allylic oxidation sites excluding steroid dienone is 2. The molecule has 0 atom stereocenters. The van der Waals surface area contributed by atoms with Crippen LogP contribution in [0.4, 0.5) is 5.69 Å². The van der Waals surface area contributed by atoms with Gasteiger partial charge in [0.05, 0.1) is 5.69 Å². The summed E-state index contributed by atoms with van der Waals surface area (Å²) in [6, 6.07) is 3.79. The lowest BCUT2D eigenvalue weighted by molar-refractivity contribution is 1.31. The average molecular weight is 174 g/mol. The first-order valence-corrected chi connectivity index (χ1v) is 4.32. The second-order valence-electron chi connectivity index (χ2n) is 2.87. The largest absolute Gasteiger partial charge is 0.265 e. The zero-order valence-corrected chi connectivity index (χ0v) is 8.28. The highest BCUT2D eigenvalue weighted by Crippen LogP contribution is 2.11. The van der Waals surface area contributed by atoms with Crippen LogP contribution in [-0.2, 0) is 0 Å². The number of hydrogen-bond donors (Lipinski definition) is 0. The Kier molecular flexibility index (Phi) is 3.38. The van der Waals surface area contributed by atoms with Crippen LogP contribution in [0.2, 0.25) is 0 Å². The zero-order valence-electron chi connectivity index (χ0n) is 8.28. The quantitative estimate of drug-likeness (QED) is 0.632. The van der Waals surface area contributed by atoms with Crippen LogP contribution in [-0.4, -0.2) is 10.7 Å². The SMILES string of the molecule is C/C=C(\C)C(C)=Nc1ccncc1. The third kappa shape index (κ3) is 2.82. The Morgan fingerprint density at radius 1 is 1.31 bits per heavy atom. The second-order valence-corrected chi connectivity index (χ2v) is 2.87. The molecule has 0 amide bonds. The van der Waals surface area contributed by atoms with E-state index in [2.05, 4.69) is 23.0 Å². The summed E-state index contributed by atoms with van der Waals surface area (Å²) in [6.07, 6.45) is 5.55. The topological polar surface area (TPSA) is 25.2 Å². The second kappa shape index (κ2) is 4.55. The van der Waals surface area contributed by atoms with E-state index in [0.717, 1.165) is 11.4 Å². The molecule has 68 valence electrons. The molecule has 2 nitrogen and oxygen atoms in total. The van der Waals surface area contributed by atoms with Crippen LogP contribution in [0.1, 0.15) is 20.8 Å². The Labute approximate surface area is 79.0 Å². The molecule has 0 unspecified atom stereocenters. The predicted molar refractivity (Wildman–Crippen MR) is 56.4 cm³/mol. The minimum absolute atomic E-state index is 0.953. The van der Waals surface area contributed by atoms with Gasteiger partial charge in [-0.05, 0) is 38.5 Å². The molecule has 1 aromatic heterocycles. The molecular formula is C11H14N2. The van der Waals surface area contributed by atoms with Gasteiger partial charge in [0.2, 0.25) is 0 Å². The molecule has 0 saturated carbocycles. The number of pyridine rings is 1. The molecule has 13 heavy (non-hydrogen) atoms. The predicted octanol–water partition coefficient (Wildman–Crippen LogP) is 3.14. The van der Waals surface area contributed by atoms with Gasteiger partial charge in [-0.1, -0.05) is 6.08 Å². The van der Waals surface area contributed by atoms with E-state index in [1.54, 1.807) is 12.4 Å². The Hall–Kier alpha value is -1.44. The first kappa shape index (κ1) is 9.65. The van der Waals surface area contributed by atoms with Gasteiger partial charge >= 0.3 is 0 Å². The fourth-order valence-electron chi connectivity index (χ4n) is 0.909. The number of hydrogen-bond acceptors (Lipinski definition) is 2. The molecule has 2 heteroatoms. The monoisotopic (exact) mass is 174 g/mol. The van der Waals surface area contributed by atoms with Crippen LogP contribution in [0, 0.1) is 0 Å². The number of nitrogens with zero attached hydrogens (tertiary/aromatic N) is 2. The van der Waals surface area contributed by atoms with Crippen molar-refractivity contribution in [1.29, 1.82) is 0 Å². The van der Waals surface area contributed by atoms with Gasteiger partial charge in [0.25, 0.3) is 0 Å². The molecule has 1 heterocycles. The van der Waals surface area contributed by atoms with E-state index in [-0.39, 0.29) is 0 Å². The van der Waals surface area contributed by atoms with E-state index in [9.17, 15) is 0 Å². The Balaban J connectivity index is 2.89. The molecule has 0 fully saturated rings. The fourth-order valence-corrected chi connectivity index (χ4v) is 0.909. The standard InChI is InChI=1S/C11H14N2/c1-4-9(2)10(3)13-11-5-7-12-8-6-11/h4-8H,1-3H3/b9-4+,13-10?. The van der Waals surface area contributed by atoms with Crippen LogP contribution in [0.25, 0.3) is 0 Å². The molecule has 0 aliphatic rings. The summed E-state index contributed by atoms with van der Waals surface area (Å²) in [6.45, 7) is 6.08. The van der Waals surface area contributed by atoms with Crippen molar-refractivity contribution in [3.63, 3.8) is 0 Å². The van der Waals surface area contributed by atoms with Gasteiger partial charge in [0.15, 0.2) is 0 Å². The van der Waals surface area contributed by atoms with E-state index < -0.39 is 0 Å². The van der Waals surface area contributed by atoms with E-state index in [4.69, 9.17) is 0 Å². The third-order valence-electron chi connectivity index (χ3n) is 1.96. The van der Waals surface area contributed by atoms with Crippen LogP contribution >= 0.6 is 0 Å². The van der Waals surface area contributed by atoms with Gasteiger partial charge in [0, 0.05) is 18.1 Å². The molecular weight excluding hydrogens is 160 g/mol. The van der Waals surface area contributed by atoms with Crippen molar-refractivity contribution in [2.45, 2.75) is 20.8 Å². The van der Waals surface area contributed by atoms with E-state index >= 15 is 0 Å². The Morgan fingerprint density at radius 2 is 1.92 bits per heavy atom. The first-order valence-electron chi connectivity index (χ1n) is 4.32. The van der Waals surface area contributed by atoms with Crippen LogP contribution in [0.3, 0.4) is 0 Å². The van der Waals surface area contributed by atoms with Crippen LogP contribution in [0.15, 0.2) is 41.2 Å². The lowest BCUT2D eigenvalue weighted by Crippen LogP contribution is -1.91. The lowest BCUT2D eigenvalue weighted by Gasteiger charge is -1.99. The van der Waals surface area contributed by atoms with Crippen molar-refractivity contribution < 1.29 is 0 Å². The fraction of sp³-hybridized carbons (Fsp3) is 0.273. The lowest BCUT2D eigenvalue weighted by atomic mass is 10.2. The zero-order chi connectivity index (χ0) is 9.68. The van der Waals surface area contributed by atoms with Crippen molar-refractivity contribution in [2.24, 2.45) is 4.99 Å².